The molecule has 18 heteroatoms. The van der Waals surface area contributed by atoms with Crippen LogP contribution in [-0.2, 0) is 42.9 Å². The first kappa shape index (κ1) is 40.2. The van der Waals surface area contributed by atoms with Gasteiger partial charge in [-0.05, 0) is 31.6 Å². The molecule has 47 heavy (non-hydrogen) atoms. The number of carbonyl (C=O) groups is 5. The highest BCUT2D eigenvalue weighted by molar-refractivity contribution is 5.99. The van der Waals surface area contributed by atoms with Gasteiger partial charge in [0.05, 0.1) is 32.4 Å². The number of alkyl halides is 4. The standard InChI is InChI=1S/C29H47F4N5O9/c1-16(2)12-18(23(40)27(5)15-47-27)35-25(42)21(28(30,31)44-6)37-26(43)22(29(32,33)45-7)36-24(41)19(13-17(3)4)34-20(39)14-38-8-10-46-11-9-38/h16-19,21-22H,8-15H2,1-7H3,(H,34,39)(H,35,42)(H,36,41)(H,37,43)/t18-,19-,21-,22-,27+/m0/s1. The number of hydrogen-bond donors (Lipinski definition) is 4. The van der Waals surface area contributed by atoms with Gasteiger partial charge in [0, 0.05) is 27.3 Å². The summed E-state index contributed by atoms with van der Waals surface area (Å²) in [5.74, 6) is -6.42. The topological polar surface area (TPSA) is 177 Å². The Hall–Kier alpha value is -2.93. The molecule has 14 nitrogen and oxygen atoms in total. The number of carbonyl (C=O) groups excluding carboxylic acids is 5. The Bertz CT molecular complexity index is 1120. The van der Waals surface area contributed by atoms with E-state index in [1.807, 2.05) is 0 Å². The fraction of sp³-hybridized carbons (Fsp3) is 0.828. The molecule has 2 aliphatic rings. The predicted molar refractivity (Wildman–Crippen MR) is 157 cm³/mol. The van der Waals surface area contributed by atoms with Crippen LogP contribution in [-0.4, -0.2) is 130 Å². The van der Waals surface area contributed by atoms with Crippen molar-refractivity contribution in [3.8, 4) is 0 Å². The van der Waals surface area contributed by atoms with Crippen molar-refractivity contribution in [2.45, 2.75) is 89.4 Å². The van der Waals surface area contributed by atoms with Crippen molar-refractivity contribution in [1.29, 1.82) is 0 Å². The van der Waals surface area contributed by atoms with Gasteiger partial charge in [0.15, 0.2) is 17.9 Å². The Morgan fingerprint density at radius 2 is 1.21 bits per heavy atom. The SMILES string of the molecule is COC(F)(F)[C@@H](NC(=O)[C@H](CC(C)C)NC(=O)CN1CCOCC1)C(=O)N[C@@H](C(=O)N[C@@H](CC(C)C)C(=O)[C@@]1(C)CO1)C(F)(F)OC. The summed E-state index contributed by atoms with van der Waals surface area (Å²) in [4.78, 5) is 67.0. The first-order valence-corrected chi connectivity index (χ1v) is 15.3. The molecule has 0 aliphatic carbocycles. The monoisotopic (exact) mass is 685 g/mol. The van der Waals surface area contributed by atoms with E-state index in [4.69, 9.17) is 9.47 Å². The highest BCUT2D eigenvalue weighted by Crippen LogP contribution is 2.30. The number of nitrogens with one attached hydrogen (secondary N) is 4. The highest BCUT2D eigenvalue weighted by Gasteiger charge is 2.54. The number of methoxy groups -OCH3 is 2. The molecule has 2 fully saturated rings. The summed E-state index contributed by atoms with van der Waals surface area (Å²) in [6, 6.07) is -8.60. The minimum atomic E-state index is -4.47. The van der Waals surface area contributed by atoms with Crippen molar-refractivity contribution in [1.82, 2.24) is 26.2 Å². The van der Waals surface area contributed by atoms with Gasteiger partial charge in [0.25, 0.3) is 11.8 Å². The third-order valence-corrected chi connectivity index (χ3v) is 7.58. The Morgan fingerprint density at radius 1 is 0.766 bits per heavy atom. The molecule has 2 saturated heterocycles. The fourth-order valence-electron chi connectivity index (χ4n) is 4.79. The number of rotatable bonds is 19. The first-order valence-electron chi connectivity index (χ1n) is 15.3. The summed E-state index contributed by atoms with van der Waals surface area (Å²) in [6.45, 7) is 9.92. The maximum absolute atomic E-state index is 15.0. The van der Waals surface area contributed by atoms with E-state index < -0.39 is 71.4 Å². The minimum absolute atomic E-state index is 0.0116. The molecule has 0 aromatic heterocycles. The van der Waals surface area contributed by atoms with Gasteiger partial charge in [0.1, 0.15) is 11.6 Å². The van der Waals surface area contributed by atoms with E-state index in [2.05, 4.69) is 20.1 Å². The second kappa shape index (κ2) is 16.9. The van der Waals surface area contributed by atoms with Crippen molar-refractivity contribution >= 4 is 29.4 Å². The number of halogens is 4. The van der Waals surface area contributed by atoms with Crippen molar-refractivity contribution in [2.24, 2.45) is 11.8 Å². The molecular formula is C29H47F4N5O9. The molecule has 5 atom stereocenters. The van der Waals surface area contributed by atoms with Crippen LogP contribution < -0.4 is 21.3 Å². The molecule has 0 aromatic carbocycles. The van der Waals surface area contributed by atoms with Gasteiger partial charge < -0.3 is 40.2 Å². The summed E-state index contributed by atoms with van der Waals surface area (Å²) in [5.41, 5.74) is -1.24. The first-order chi connectivity index (χ1) is 21.8. The van der Waals surface area contributed by atoms with E-state index in [1.54, 1.807) is 37.9 Å². The van der Waals surface area contributed by atoms with Gasteiger partial charge in [-0.15, -0.1) is 0 Å². The van der Waals surface area contributed by atoms with Crippen LogP contribution in [0.1, 0.15) is 47.5 Å². The van der Waals surface area contributed by atoms with Crippen molar-refractivity contribution < 1.29 is 60.5 Å². The van der Waals surface area contributed by atoms with Crippen LogP contribution in [0.25, 0.3) is 0 Å². The molecule has 4 N–H and O–H groups in total. The van der Waals surface area contributed by atoms with Crippen molar-refractivity contribution in [3.63, 3.8) is 0 Å². The average Bonchev–Trinajstić information content (AvgIpc) is 3.75. The number of hydrogen-bond acceptors (Lipinski definition) is 10. The van der Waals surface area contributed by atoms with Crippen LogP contribution in [0.15, 0.2) is 0 Å². The summed E-state index contributed by atoms with van der Waals surface area (Å²) in [6.07, 6.45) is -8.96. The lowest BCUT2D eigenvalue weighted by Crippen LogP contribution is -2.66. The number of nitrogens with zero attached hydrogens (tertiary/aromatic N) is 1. The second-order valence-corrected chi connectivity index (χ2v) is 12.6. The molecule has 0 radical (unpaired) electrons. The van der Waals surface area contributed by atoms with Crippen LogP contribution in [0, 0.1) is 11.8 Å². The lowest BCUT2D eigenvalue weighted by Gasteiger charge is -2.32. The molecule has 0 saturated carbocycles. The summed E-state index contributed by atoms with van der Waals surface area (Å²) < 4.78 is 78.4. The maximum Gasteiger partial charge on any atom is 0.384 e. The molecule has 4 amide bonds. The summed E-state index contributed by atoms with van der Waals surface area (Å²) in [7, 11) is 1.03. The number of epoxide rings is 1. The van der Waals surface area contributed by atoms with Gasteiger partial charge in [-0.2, -0.15) is 17.6 Å². The Kier molecular flexibility index (Phi) is 14.5. The third-order valence-electron chi connectivity index (χ3n) is 7.58. The Labute approximate surface area is 271 Å². The molecule has 2 heterocycles. The van der Waals surface area contributed by atoms with E-state index in [9.17, 15) is 41.5 Å². The van der Waals surface area contributed by atoms with E-state index in [0.717, 1.165) is 0 Å². The zero-order chi connectivity index (χ0) is 35.7. The zero-order valence-corrected chi connectivity index (χ0v) is 27.8. The lowest BCUT2D eigenvalue weighted by atomic mass is 9.93. The van der Waals surface area contributed by atoms with Gasteiger partial charge in [-0.1, -0.05) is 27.7 Å². The molecule has 0 bridgehead atoms. The normalized spacial score (nSPS) is 21.4. The van der Waals surface area contributed by atoms with Crippen LogP contribution in [0.3, 0.4) is 0 Å². The molecule has 0 aromatic rings. The number of ether oxygens (including phenoxy) is 4. The lowest BCUT2D eigenvalue weighted by molar-refractivity contribution is -0.247. The molecule has 2 aliphatic heterocycles. The molecular weight excluding hydrogens is 638 g/mol. The number of morpholine rings is 1. The molecule has 2 rings (SSSR count). The van der Waals surface area contributed by atoms with Crippen LogP contribution in [0.2, 0.25) is 0 Å². The summed E-state index contributed by atoms with van der Waals surface area (Å²) >= 11 is 0. The fourth-order valence-corrected chi connectivity index (χ4v) is 4.79. The smallest absolute Gasteiger partial charge is 0.379 e. The predicted octanol–water partition coefficient (Wildman–Crippen LogP) is 0.186. The highest BCUT2D eigenvalue weighted by atomic mass is 19.3. The third kappa shape index (κ3) is 11.9. The average molecular weight is 686 g/mol. The van der Waals surface area contributed by atoms with Gasteiger partial charge >= 0.3 is 12.2 Å². The zero-order valence-electron chi connectivity index (χ0n) is 27.8. The quantitative estimate of drug-likeness (QED) is 0.108. The van der Waals surface area contributed by atoms with Gasteiger partial charge in [0.2, 0.25) is 11.8 Å². The number of Topliss-reactive ketones (excluding diaryl/α,β-unsaturated/α-hetero) is 1. The second-order valence-electron chi connectivity index (χ2n) is 12.6. The van der Waals surface area contributed by atoms with E-state index in [0.29, 0.717) is 40.5 Å². The largest absolute Gasteiger partial charge is 0.384 e. The van der Waals surface area contributed by atoms with E-state index in [-0.39, 0.29) is 37.8 Å². The van der Waals surface area contributed by atoms with Gasteiger partial charge in [-0.25, -0.2) is 0 Å². The molecule has 0 unspecified atom stereocenters. The van der Waals surface area contributed by atoms with Crippen molar-refractivity contribution in [2.75, 3.05) is 53.7 Å². The molecule has 270 valence electrons. The minimum Gasteiger partial charge on any atom is -0.379 e. The van der Waals surface area contributed by atoms with Gasteiger partial charge in [-0.3, -0.25) is 28.9 Å². The van der Waals surface area contributed by atoms with E-state index in [1.165, 1.54) is 12.2 Å². The number of amides is 4. The number of ketones is 1. The van der Waals surface area contributed by atoms with Crippen LogP contribution in [0.4, 0.5) is 17.6 Å². The van der Waals surface area contributed by atoms with Crippen molar-refractivity contribution in [3.05, 3.63) is 0 Å². The Balaban J connectivity index is 2.30. The van der Waals surface area contributed by atoms with E-state index >= 15 is 0 Å². The molecule has 0 spiro atoms. The maximum atomic E-state index is 15.0. The van der Waals surface area contributed by atoms with Crippen LogP contribution >= 0.6 is 0 Å². The summed E-state index contributed by atoms with van der Waals surface area (Å²) in [5, 5.41) is 7.95. The van der Waals surface area contributed by atoms with Crippen LogP contribution in [0.5, 0.6) is 0 Å². The Morgan fingerprint density at radius 3 is 1.66 bits per heavy atom.